The second kappa shape index (κ2) is 7.88. The van der Waals surface area contributed by atoms with E-state index in [4.69, 9.17) is 11.6 Å². The van der Waals surface area contributed by atoms with E-state index in [0.29, 0.717) is 17.1 Å². The summed E-state index contributed by atoms with van der Waals surface area (Å²) in [5.74, 6) is 0.274. The van der Waals surface area contributed by atoms with Crippen molar-refractivity contribution in [3.05, 3.63) is 58.9 Å². The summed E-state index contributed by atoms with van der Waals surface area (Å²) in [6.45, 7) is 2.84. The van der Waals surface area contributed by atoms with Crippen molar-refractivity contribution in [3.8, 4) is 0 Å². The molecule has 0 saturated carbocycles. The van der Waals surface area contributed by atoms with Crippen molar-refractivity contribution in [2.75, 3.05) is 18.5 Å². The highest BCUT2D eigenvalue weighted by atomic mass is 35.5. The molecule has 0 amide bonds. The van der Waals surface area contributed by atoms with Crippen LogP contribution < -0.4 is 4.90 Å². The molecule has 0 aliphatic heterocycles. The number of rotatable bonds is 6. The maximum absolute atomic E-state index is 12.8. The molecule has 0 N–H and O–H groups in total. The van der Waals surface area contributed by atoms with Gasteiger partial charge in [0.1, 0.15) is 5.15 Å². The smallest absolute Gasteiger partial charge is 0.373 e. The normalized spacial score (nSPS) is 12.9. The van der Waals surface area contributed by atoms with E-state index >= 15 is 0 Å². The molecule has 0 bridgehead atoms. The fourth-order valence-corrected chi connectivity index (χ4v) is 2.63. The Balaban J connectivity index is 1.89. The zero-order valence-corrected chi connectivity index (χ0v) is 14.4. The third-order valence-corrected chi connectivity index (χ3v) is 4.17. The fraction of sp³-hybridized carbons (Fsp3) is 0.389. The highest BCUT2D eigenvalue weighted by molar-refractivity contribution is 6.29. The Labute approximate surface area is 145 Å². The van der Waals surface area contributed by atoms with Gasteiger partial charge in [0.2, 0.25) is 0 Å². The van der Waals surface area contributed by atoms with Crippen molar-refractivity contribution in [1.82, 2.24) is 4.98 Å². The van der Waals surface area contributed by atoms with E-state index in [1.165, 1.54) is 12.1 Å². The Morgan fingerprint density at radius 2 is 1.96 bits per heavy atom. The minimum atomic E-state index is -4.29. The summed E-state index contributed by atoms with van der Waals surface area (Å²) < 4.78 is 38.3. The molecular formula is C18H20ClF3N2. The van der Waals surface area contributed by atoms with E-state index in [-0.39, 0.29) is 5.92 Å². The van der Waals surface area contributed by atoms with Crippen LogP contribution >= 0.6 is 11.6 Å². The molecule has 1 aromatic carbocycles. The maximum atomic E-state index is 12.8. The van der Waals surface area contributed by atoms with Gasteiger partial charge in [-0.1, -0.05) is 36.7 Å². The molecule has 0 aliphatic rings. The van der Waals surface area contributed by atoms with Gasteiger partial charge in [-0.15, -0.1) is 0 Å². The van der Waals surface area contributed by atoms with Crippen LogP contribution in [-0.4, -0.2) is 18.6 Å². The molecule has 0 fully saturated rings. The van der Waals surface area contributed by atoms with Crippen molar-refractivity contribution in [1.29, 1.82) is 0 Å². The van der Waals surface area contributed by atoms with Crippen LogP contribution in [0.3, 0.4) is 0 Å². The first kappa shape index (κ1) is 18.6. The Kier molecular flexibility index (Phi) is 6.10. The Morgan fingerprint density at radius 1 is 1.21 bits per heavy atom. The van der Waals surface area contributed by atoms with E-state index in [1.54, 1.807) is 18.3 Å². The molecule has 1 aromatic heterocycles. The Morgan fingerprint density at radius 3 is 2.58 bits per heavy atom. The third-order valence-electron chi connectivity index (χ3n) is 3.95. The average Bonchev–Trinajstić information content (AvgIpc) is 2.53. The molecule has 0 radical (unpaired) electrons. The lowest BCUT2D eigenvalue weighted by atomic mass is 9.96. The number of benzene rings is 1. The van der Waals surface area contributed by atoms with Crippen LogP contribution in [0.25, 0.3) is 0 Å². The summed E-state index contributed by atoms with van der Waals surface area (Å²) in [5, 5.41) is 0.449. The van der Waals surface area contributed by atoms with Gasteiger partial charge in [-0.3, -0.25) is 0 Å². The summed E-state index contributed by atoms with van der Waals surface area (Å²) in [6, 6.07) is 9.19. The number of pyridine rings is 1. The van der Waals surface area contributed by atoms with Gasteiger partial charge in [-0.2, -0.15) is 13.2 Å². The average molecular weight is 357 g/mol. The van der Waals surface area contributed by atoms with Crippen LogP contribution in [-0.2, 0) is 12.6 Å². The van der Waals surface area contributed by atoms with E-state index in [0.717, 1.165) is 24.7 Å². The Hall–Kier alpha value is -1.75. The van der Waals surface area contributed by atoms with E-state index in [2.05, 4.69) is 9.88 Å². The van der Waals surface area contributed by atoms with Gasteiger partial charge in [-0.05, 0) is 42.5 Å². The van der Waals surface area contributed by atoms with Crippen LogP contribution in [0.2, 0.25) is 5.15 Å². The lowest BCUT2D eigenvalue weighted by molar-refractivity contribution is -0.137. The van der Waals surface area contributed by atoms with Crippen LogP contribution in [0.4, 0.5) is 18.9 Å². The number of anilines is 1. The van der Waals surface area contributed by atoms with Gasteiger partial charge in [0.05, 0.1) is 17.4 Å². The van der Waals surface area contributed by atoms with Crippen molar-refractivity contribution in [2.45, 2.75) is 25.9 Å². The minimum Gasteiger partial charge on any atom is -0.373 e. The predicted octanol–water partition coefficient (Wildman–Crippen LogP) is 5.46. The topological polar surface area (TPSA) is 16.1 Å². The zero-order chi connectivity index (χ0) is 17.7. The maximum Gasteiger partial charge on any atom is 0.416 e. The van der Waals surface area contributed by atoms with Gasteiger partial charge in [0, 0.05) is 13.6 Å². The summed E-state index contributed by atoms with van der Waals surface area (Å²) >= 11 is 5.77. The van der Waals surface area contributed by atoms with Gasteiger partial charge in [-0.25, -0.2) is 4.98 Å². The number of halogens is 4. The first-order valence-electron chi connectivity index (χ1n) is 7.74. The van der Waals surface area contributed by atoms with E-state index in [1.807, 2.05) is 20.0 Å². The highest BCUT2D eigenvalue weighted by Gasteiger charge is 2.30. The monoisotopic (exact) mass is 356 g/mol. The van der Waals surface area contributed by atoms with Gasteiger partial charge < -0.3 is 4.90 Å². The van der Waals surface area contributed by atoms with E-state index in [9.17, 15) is 13.2 Å². The molecular weight excluding hydrogens is 337 g/mol. The lowest BCUT2D eigenvalue weighted by Gasteiger charge is -2.21. The van der Waals surface area contributed by atoms with Gasteiger partial charge in [0.15, 0.2) is 0 Å². The molecule has 1 heterocycles. The van der Waals surface area contributed by atoms with Crippen molar-refractivity contribution < 1.29 is 13.2 Å². The van der Waals surface area contributed by atoms with Crippen molar-refractivity contribution in [3.63, 3.8) is 0 Å². The Bertz CT molecular complexity index is 656. The first-order chi connectivity index (χ1) is 11.3. The fourth-order valence-electron chi connectivity index (χ4n) is 2.52. The molecule has 24 heavy (non-hydrogen) atoms. The van der Waals surface area contributed by atoms with Crippen LogP contribution in [0, 0.1) is 5.92 Å². The summed E-state index contributed by atoms with van der Waals surface area (Å²) in [4.78, 5) is 6.11. The number of hydrogen-bond donors (Lipinski definition) is 0. The summed E-state index contributed by atoms with van der Waals surface area (Å²) in [5.41, 5.74) is 1.09. The van der Waals surface area contributed by atoms with E-state index < -0.39 is 11.7 Å². The van der Waals surface area contributed by atoms with Crippen LogP contribution in [0.1, 0.15) is 24.5 Å². The molecule has 6 heteroatoms. The van der Waals surface area contributed by atoms with Crippen molar-refractivity contribution >= 4 is 17.3 Å². The first-order valence-corrected chi connectivity index (χ1v) is 8.12. The molecule has 130 valence electrons. The predicted molar refractivity (Wildman–Crippen MR) is 91.4 cm³/mol. The minimum absolute atomic E-state index is 0.274. The third kappa shape index (κ3) is 5.41. The SMILES string of the molecule is CC(CCN(C)c1ccc(Cl)nc1)Cc1cccc(C(F)(F)F)c1. The molecule has 1 unspecified atom stereocenters. The highest BCUT2D eigenvalue weighted by Crippen LogP contribution is 2.30. The standard InChI is InChI=1S/C18H20ClF3N2/c1-13(8-9-24(2)16-6-7-17(19)23-12-16)10-14-4-3-5-15(11-14)18(20,21)22/h3-7,11-13H,8-10H2,1-2H3. The molecule has 1 atom stereocenters. The second-order valence-electron chi connectivity index (χ2n) is 6.06. The number of hydrogen-bond acceptors (Lipinski definition) is 2. The van der Waals surface area contributed by atoms with Crippen LogP contribution in [0.15, 0.2) is 42.6 Å². The summed E-state index contributed by atoms with van der Waals surface area (Å²) in [6.07, 6.45) is -1.09. The number of nitrogens with zero attached hydrogens (tertiary/aromatic N) is 2. The lowest BCUT2D eigenvalue weighted by Crippen LogP contribution is -2.21. The summed E-state index contributed by atoms with van der Waals surface area (Å²) in [7, 11) is 1.96. The number of alkyl halides is 3. The molecule has 0 spiro atoms. The van der Waals surface area contributed by atoms with Gasteiger partial charge in [0.25, 0.3) is 0 Å². The largest absolute Gasteiger partial charge is 0.416 e. The second-order valence-corrected chi connectivity index (χ2v) is 6.44. The molecule has 2 rings (SSSR count). The quantitative estimate of drug-likeness (QED) is 0.639. The molecule has 0 saturated heterocycles. The number of aromatic nitrogens is 1. The van der Waals surface area contributed by atoms with Crippen molar-refractivity contribution in [2.24, 2.45) is 5.92 Å². The molecule has 2 nitrogen and oxygen atoms in total. The zero-order valence-electron chi connectivity index (χ0n) is 13.6. The van der Waals surface area contributed by atoms with Gasteiger partial charge >= 0.3 is 6.18 Å². The molecule has 0 aliphatic carbocycles. The molecule has 2 aromatic rings. The van der Waals surface area contributed by atoms with Crippen LogP contribution in [0.5, 0.6) is 0 Å².